The monoisotopic (exact) mass is 368 g/mol. The fraction of sp³-hybridized carbons (Fsp3) is 0. The van der Waals surface area contributed by atoms with Crippen molar-refractivity contribution in [2.75, 3.05) is 0 Å². The van der Waals surface area contributed by atoms with Crippen molar-refractivity contribution in [1.82, 2.24) is 9.38 Å². The minimum atomic E-state index is 1.05. The second-order valence-corrected chi connectivity index (χ2v) is 7.71. The first-order valence-electron chi connectivity index (χ1n) is 9.91. The van der Waals surface area contributed by atoms with Crippen LogP contribution in [0.5, 0.6) is 0 Å². The van der Waals surface area contributed by atoms with Crippen LogP contribution in [0.2, 0.25) is 0 Å². The summed E-state index contributed by atoms with van der Waals surface area (Å²) in [6.07, 6.45) is 1.90. The Labute approximate surface area is 166 Å². The van der Waals surface area contributed by atoms with E-state index in [1.54, 1.807) is 0 Å². The quantitative estimate of drug-likeness (QED) is 0.206. The standard InChI is InChI=1S/C27H16N2/c1-2-8-19-15-23-22(14-18(19)7-1)25-16-20-12-11-17-6-3-4-9-21(17)27(20)29(25)24-10-5-13-28-26(23)24/h1-16H. The molecular formula is C27H16N2. The van der Waals surface area contributed by atoms with Crippen LogP contribution >= 0.6 is 0 Å². The summed E-state index contributed by atoms with van der Waals surface area (Å²) in [6, 6.07) is 32.8. The molecule has 2 nitrogen and oxygen atoms in total. The van der Waals surface area contributed by atoms with Gasteiger partial charge in [0.1, 0.15) is 0 Å². The van der Waals surface area contributed by atoms with Gasteiger partial charge in [0.15, 0.2) is 0 Å². The predicted molar refractivity (Wildman–Crippen MR) is 123 cm³/mol. The molecule has 0 unspecified atom stereocenters. The average molecular weight is 368 g/mol. The van der Waals surface area contributed by atoms with Gasteiger partial charge in [-0.1, -0.05) is 60.7 Å². The molecule has 7 aromatic rings. The highest BCUT2D eigenvalue weighted by Crippen LogP contribution is 2.37. The van der Waals surface area contributed by atoms with Gasteiger partial charge in [0.05, 0.1) is 22.1 Å². The van der Waals surface area contributed by atoms with Crippen LogP contribution < -0.4 is 0 Å². The second kappa shape index (κ2) is 5.33. The first-order valence-corrected chi connectivity index (χ1v) is 9.91. The second-order valence-electron chi connectivity index (χ2n) is 7.71. The largest absolute Gasteiger partial charge is 0.306 e. The molecule has 0 saturated heterocycles. The van der Waals surface area contributed by atoms with Crippen molar-refractivity contribution in [2.24, 2.45) is 0 Å². The maximum absolute atomic E-state index is 4.81. The normalized spacial score (nSPS) is 12.1. The van der Waals surface area contributed by atoms with Crippen LogP contribution in [-0.4, -0.2) is 9.38 Å². The smallest absolute Gasteiger partial charge is 0.0949 e. The van der Waals surface area contributed by atoms with Gasteiger partial charge in [0, 0.05) is 27.7 Å². The van der Waals surface area contributed by atoms with Crippen molar-refractivity contribution in [3.05, 3.63) is 97.2 Å². The van der Waals surface area contributed by atoms with Gasteiger partial charge < -0.3 is 4.40 Å². The highest BCUT2D eigenvalue weighted by Gasteiger charge is 2.15. The molecule has 0 atom stereocenters. The van der Waals surface area contributed by atoms with Crippen molar-refractivity contribution in [3.63, 3.8) is 0 Å². The first kappa shape index (κ1) is 15.1. The fourth-order valence-electron chi connectivity index (χ4n) is 4.85. The maximum atomic E-state index is 4.81. The Kier molecular flexibility index (Phi) is 2.77. The van der Waals surface area contributed by atoms with Gasteiger partial charge in [-0.15, -0.1) is 0 Å². The van der Waals surface area contributed by atoms with Crippen molar-refractivity contribution in [2.45, 2.75) is 0 Å². The molecule has 134 valence electrons. The summed E-state index contributed by atoms with van der Waals surface area (Å²) in [6.45, 7) is 0. The molecule has 0 amide bonds. The third kappa shape index (κ3) is 1.93. The molecular weight excluding hydrogens is 352 g/mol. The van der Waals surface area contributed by atoms with Crippen LogP contribution in [0.3, 0.4) is 0 Å². The van der Waals surface area contributed by atoms with Gasteiger partial charge in [-0.05, 0) is 46.5 Å². The zero-order valence-electron chi connectivity index (χ0n) is 15.6. The van der Waals surface area contributed by atoms with Crippen LogP contribution in [-0.2, 0) is 0 Å². The van der Waals surface area contributed by atoms with E-state index in [0.717, 1.165) is 11.0 Å². The number of rotatable bonds is 0. The topological polar surface area (TPSA) is 17.3 Å². The summed E-state index contributed by atoms with van der Waals surface area (Å²) in [4.78, 5) is 4.81. The summed E-state index contributed by atoms with van der Waals surface area (Å²) in [7, 11) is 0. The van der Waals surface area contributed by atoms with E-state index in [4.69, 9.17) is 4.98 Å². The van der Waals surface area contributed by atoms with Crippen LogP contribution in [0.25, 0.3) is 59.8 Å². The lowest BCUT2D eigenvalue weighted by Gasteiger charge is -2.11. The Bertz CT molecular complexity index is 1760. The summed E-state index contributed by atoms with van der Waals surface area (Å²) in [5.41, 5.74) is 4.69. The Morgan fingerprint density at radius 3 is 2.10 bits per heavy atom. The molecule has 0 fully saturated rings. The van der Waals surface area contributed by atoms with E-state index in [2.05, 4.69) is 89.3 Å². The lowest BCUT2D eigenvalue weighted by molar-refractivity contribution is 1.32. The molecule has 2 heteroatoms. The number of pyridine rings is 2. The van der Waals surface area contributed by atoms with Crippen molar-refractivity contribution in [1.29, 1.82) is 0 Å². The van der Waals surface area contributed by atoms with E-state index < -0.39 is 0 Å². The number of aromatic nitrogens is 2. The molecule has 0 aliphatic carbocycles. The fourth-order valence-corrected chi connectivity index (χ4v) is 4.85. The summed E-state index contributed by atoms with van der Waals surface area (Å²) < 4.78 is 2.40. The third-order valence-corrected chi connectivity index (χ3v) is 6.13. The van der Waals surface area contributed by atoms with Gasteiger partial charge in [-0.2, -0.15) is 0 Å². The number of benzene rings is 4. The molecule has 0 N–H and O–H groups in total. The van der Waals surface area contributed by atoms with E-state index in [9.17, 15) is 0 Å². The zero-order chi connectivity index (χ0) is 18.9. The number of nitrogens with zero attached hydrogens (tertiary/aromatic N) is 2. The molecule has 7 rings (SSSR count). The Balaban J connectivity index is 1.86. The molecule has 0 aliphatic heterocycles. The predicted octanol–water partition coefficient (Wildman–Crippen LogP) is 7.10. The molecule has 0 radical (unpaired) electrons. The SMILES string of the molecule is c1ccc2cc3c(cc2c1)c1ncccc1n1c3cc2ccc3ccccc3c21. The van der Waals surface area contributed by atoms with E-state index in [1.165, 1.54) is 48.7 Å². The maximum Gasteiger partial charge on any atom is 0.0949 e. The summed E-state index contributed by atoms with van der Waals surface area (Å²) in [5, 5.41) is 8.75. The van der Waals surface area contributed by atoms with Gasteiger partial charge in [-0.25, -0.2) is 0 Å². The molecule has 0 bridgehead atoms. The average Bonchev–Trinajstić information content (AvgIpc) is 3.19. The van der Waals surface area contributed by atoms with Gasteiger partial charge in [0.25, 0.3) is 0 Å². The minimum absolute atomic E-state index is 1.05. The van der Waals surface area contributed by atoms with Crippen molar-refractivity contribution in [3.8, 4) is 0 Å². The van der Waals surface area contributed by atoms with E-state index in [1.807, 2.05) is 12.3 Å². The first-order chi connectivity index (χ1) is 14.4. The molecule has 0 saturated carbocycles. The van der Waals surface area contributed by atoms with Gasteiger partial charge >= 0.3 is 0 Å². The molecule has 3 heterocycles. The minimum Gasteiger partial charge on any atom is -0.306 e. The highest BCUT2D eigenvalue weighted by atomic mass is 14.9. The summed E-state index contributed by atoms with van der Waals surface area (Å²) in [5.74, 6) is 0. The van der Waals surface area contributed by atoms with E-state index in [0.29, 0.717) is 0 Å². The molecule has 4 aromatic carbocycles. The number of hydrogen-bond donors (Lipinski definition) is 0. The van der Waals surface area contributed by atoms with Crippen molar-refractivity contribution >= 4 is 59.8 Å². The number of hydrogen-bond acceptors (Lipinski definition) is 1. The Hall–Kier alpha value is -3.91. The van der Waals surface area contributed by atoms with Gasteiger partial charge in [0.2, 0.25) is 0 Å². The van der Waals surface area contributed by atoms with Crippen molar-refractivity contribution < 1.29 is 0 Å². The number of fused-ring (bicyclic) bond motifs is 11. The van der Waals surface area contributed by atoms with E-state index in [-0.39, 0.29) is 0 Å². The Morgan fingerprint density at radius 1 is 0.517 bits per heavy atom. The lowest BCUT2D eigenvalue weighted by atomic mass is 10.0. The van der Waals surface area contributed by atoms with Crippen LogP contribution in [0.4, 0.5) is 0 Å². The molecule has 0 spiro atoms. The molecule has 29 heavy (non-hydrogen) atoms. The Morgan fingerprint density at radius 2 is 1.24 bits per heavy atom. The van der Waals surface area contributed by atoms with Crippen LogP contribution in [0.15, 0.2) is 97.2 Å². The van der Waals surface area contributed by atoms with Crippen LogP contribution in [0.1, 0.15) is 0 Å². The summed E-state index contributed by atoms with van der Waals surface area (Å²) >= 11 is 0. The lowest BCUT2D eigenvalue weighted by Crippen LogP contribution is -1.93. The molecule has 3 aromatic heterocycles. The molecule has 0 aliphatic rings. The third-order valence-electron chi connectivity index (χ3n) is 6.13. The van der Waals surface area contributed by atoms with E-state index >= 15 is 0 Å². The highest BCUT2D eigenvalue weighted by molar-refractivity contribution is 6.20. The van der Waals surface area contributed by atoms with Crippen LogP contribution in [0, 0.1) is 0 Å². The zero-order valence-corrected chi connectivity index (χ0v) is 15.6. The van der Waals surface area contributed by atoms with Gasteiger partial charge in [-0.3, -0.25) is 4.98 Å².